The van der Waals surface area contributed by atoms with Gasteiger partial charge in [-0.3, -0.25) is 14.6 Å². The summed E-state index contributed by atoms with van der Waals surface area (Å²) in [6.07, 6.45) is 6.91. The maximum absolute atomic E-state index is 15.0. The van der Waals surface area contributed by atoms with Gasteiger partial charge in [0.15, 0.2) is 0 Å². The normalized spacial score (nSPS) is 12.5. The van der Waals surface area contributed by atoms with Gasteiger partial charge in [0.2, 0.25) is 0 Å². The van der Waals surface area contributed by atoms with Gasteiger partial charge < -0.3 is 20.3 Å². The molecule has 0 aliphatic carbocycles. The highest BCUT2D eigenvalue weighted by Gasteiger charge is 2.23. The van der Waals surface area contributed by atoms with Crippen LogP contribution in [0.2, 0.25) is 5.02 Å². The largest absolute Gasteiger partial charge is 0.495 e. The fourth-order valence-corrected chi connectivity index (χ4v) is 3.78. The molecular weight excluding hydrogens is 485 g/mol. The third-order valence-corrected chi connectivity index (χ3v) is 5.69. The Hall–Kier alpha value is -4.42. The third kappa shape index (κ3) is 5.14. The van der Waals surface area contributed by atoms with E-state index in [-0.39, 0.29) is 28.4 Å². The molecule has 182 valence electrons. The van der Waals surface area contributed by atoms with E-state index in [9.17, 15) is 14.0 Å². The molecule has 36 heavy (non-hydrogen) atoms. The molecular formula is C26H21ClFN5O3. The molecule has 0 fully saturated rings. The van der Waals surface area contributed by atoms with Crippen molar-refractivity contribution in [2.75, 3.05) is 37.9 Å². The van der Waals surface area contributed by atoms with Gasteiger partial charge in [0, 0.05) is 30.9 Å². The molecule has 0 saturated heterocycles. The van der Waals surface area contributed by atoms with Crippen molar-refractivity contribution in [2.24, 2.45) is 4.99 Å². The van der Waals surface area contributed by atoms with Crippen molar-refractivity contribution in [1.29, 1.82) is 0 Å². The second kappa shape index (κ2) is 10.5. The number of aromatic nitrogens is 1. The molecule has 2 amide bonds. The van der Waals surface area contributed by atoms with E-state index in [1.165, 1.54) is 43.6 Å². The molecule has 1 aliphatic heterocycles. The van der Waals surface area contributed by atoms with E-state index < -0.39 is 17.6 Å². The predicted molar refractivity (Wildman–Crippen MR) is 137 cm³/mol. The molecule has 0 spiro atoms. The number of rotatable bonds is 6. The van der Waals surface area contributed by atoms with Gasteiger partial charge in [-0.25, -0.2) is 9.37 Å². The van der Waals surface area contributed by atoms with E-state index in [0.29, 0.717) is 28.5 Å². The van der Waals surface area contributed by atoms with E-state index >= 15 is 0 Å². The molecule has 0 saturated carbocycles. The first-order chi connectivity index (χ1) is 17.3. The van der Waals surface area contributed by atoms with E-state index in [2.05, 4.69) is 26.5 Å². The number of benzene rings is 2. The number of carbonyl (C=O) groups excluding carboxylic acids is 2. The number of ether oxygens (including phenoxy) is 1. The summed E-state index contributed by atoms with van der Waals surface area (Å²) in [5.74, 6) is 1.34. The minimum Gasteiger partial charge on any atom is -0.495 e. The average molecular weight is 506 g/mol. The topological polar surface area (TPSA) is 95.9 Å². The number of hydrogen-bond donors (Lipinski definition) is 2. The highest BCUT2D eigenvalue weighted by atomic mass is 35.5. The lowest BCUT2D eigenvalue weighted by Crippen LogP contribution is -2.24. The van der Waals surface area contributed by atoms with Crippen LogP contribution in [-0.4, -0.2) is 54.8 Å². The highest BCUT2D eigenvalue weighted by Crippen LogP contribution is 2.32. The molecule has 0 atom stereocenters. The molecule has 1 aliphatic rings. The van der Waals surface area contributed by atoms with E-state index in [4.69, 9.17) is 22.8 Å². The molecule has 1 aromatic heterocycles. The van der Waals surface area contributed by atoms with Crippen LogP contribution >= 0.6 is 11.6 Å². The van der Waals surface area contributed by atoms with Crippen molar-refractivity contribution >= 4 is 40.8 Å². The average Bonchev–Trinajstić information content (AvgIpc) is 3.30. The molecule has 3 aromatic rings. The highest BCUT2D eigenvalue weighted by molar-refractivity contribution is 6.30. The van der Waals surface area contributed by atoms with Crippen LogP contribution in [-0.2, 0) is 0 Å². The Bertz CT molecular complexity index is 1420. The van der Waals surface area contributed by atoms with Gasteiger partial charge in [0.05, 0.1) is 35.5 Å². The molecule has 0 bridgehead atoms. The van der Waals surface area contributed by atoms with Crippen LogP contribution in [0.15, 0.2) is 53.7 Å². The number of hydrogen-bond acceptors (Lipinski definition) is 6. The van der Waals surface area contributed by atoms with Gasteiger partial charge >= 0.3 is 0 Å². The summed E-state index contributed by atoms with van der Waals surface area (Å²) < 4.78 is 20.3. The smallest absolute Gasteiger partial charge is 0.259 e. The van der Waals surface area contributed by atoms with Gasteiger partial charge in [-0.05, 0) is 36.4 Å². The molecule has 0 radical (unpaired) electrons. The van der Waals surface area contributed by atoms with Crippen molar-refractivity contribution < 1.29 is 18.7 Å². The fraction of sp³-hybridized carbons (Fsp3) is 0.154. The van der Waals surface area contributed by atoms with Crippen LogP contribution in [0.25, 0.3) is 0 Å². The second-order valence-corrected chi connectivity index (χ2v) is 8.27. The number of amides is 2. The van der Waals surface area contributed by atoms with Crippen molar-refractivity contribution in [2.45, 2.75) is 0 Å². The zero-order chi connectivity index (χ0) is 25.8. The van der Waals surface area contributed by atoms with Crippen LogP contribution in [0.3, 0.4) is 0 Å². The number of amidine groups is 1. The third-order valence-electron chi connectivity index (χ3n) is 5.47. The minimum atomic E-state index is -0.772. The number of likely N-dealkylation sites (N-methyl/N-ethyl adjacent to an activating group) is 1. The number of aliphatic imine (C=N–C) groups is 1. The fourth-order valence-electron chi connectivity index (χ4n) is 3.66. The maximum atomic E-state index is 15.0. The number of nitrogens with zero attached hydrogens (tertiary/aromatic N) is 3. The standard InChI is InChI=1S/C26H21ClFN5O3/c1-4-15-11-19(26(35)31-22-8-6-17(27)14-30-22)23(21(12-15)36-3)32-25(34)18-7-5-16(13-20(18)28)24-29-9-10-33(24)2/h1,5-8,11-14H,9-10H2,2-3H3,(H,32,34)(H,30,31,35). The Morgan fingerprint density at radius 2 is 1.92 bits per heavy atom. The lowest BCUT2D eigenvalue weighted by molar-refractivity contribution is 0.102. The number of carbonyl (C=O) groups is 2. The van der Waals surface area contributed by atoms with Crippen molar-refractivity contribution in [3.8, 4) is 18.1 Å². The van der Waals surface area contributed by atoms with Gasteiger partial charge in [-0.1, -0.05) is 23.6 Å². The Labute approximate surface area is 212 Å². The van der Waals surface area contributed by atoms with E-state index in [1.54, 1.807) is 12.1 Å². The lowest BCUT2D eigenvalue weighted by Gasteiger charge is -2.17. The summed E-state index contributed by atoms with van der Waals surface area (Å²) in [7, 11) is 3.23. The van der Waals surface area contributed by atoms with Crippen LogP contribution in [0.1, 0.15) is 31.8 Å². The molecule has 10 heteroatoms. The monoisotopic (exact) mass is 505 g/mol. The first-order valence-electron chi connectivity index (χ1n) is 10.8. The molecule has 2 aromatic carbocycles. The maximum Gasteiger partial charge on any atom is 0.259 e. The van der Waals surface area contributed by atoms with Crippen molar-refractivity contribution in [3.05, 3.63) is 81.8 Å². The summed E-state index contributed by atoms with van der Waals surface area (Å²) in [5, 5.41) is 5.62. The number of pyridine rings is 1. The second-order valence-electron chi connectivity index (χ2n) is 7.84. The molecule has 4 rings (SSSR count). The van der Waals surface area contributed by atoms with Gasteiger partial charge in [-0.2, -0.15) is 0 Å². The Morgan fingerprint density at radius 1 is 1.14 bits per heavy atom. The Morgan fingerprint density at radius 3 is 2.53 bits per heavy atom. The zero-order valence-corrected chi connectivity index (χ0v) is 20.2. The quantitative estimate of drug-likeness (QED) is 0.493. The van der Waals surface area contributed by atoms with Crippen molar-refractivity contribution in [1.82, 2.24) is 9.88 Å². The van der Waals surface area contributed by atoms with E-state index in [0.717, 1.165) is 6.54 Å². The Kier molecular flexibility index (Phi) is 7.17. The molecule has 0 unspecified atom stereocenters. The summed E-state index contributed by atoms with van der Waals surface area (Å²) in [4.78, 5) is 36.5. The summed E-state index contributed by atoms with van der Waals surface area (Å²) >= 11 is 5.85. The molecule has 2 heterocycles. The number of anilines is 2. The van der Waals surface area contributed by atoms with E-state index in [1.807, 2.05) is 11.9 Å². The van der Waals surface area contributed by atoms with Crippen LogP contribution in [0.4, 0.5) is 15.9 Å². The first kappa shape index (κ1) is 24.7. The summed E-state index contributed by atoms with van der Waals surface area (Å²) in [5.41, 5.74) is 0.725. The van der Waals surface area contributed by atoms with Crippen LogP contribution in [0, 0.1) is 18.2 Å². The first-order valence-corrected chi connectivity index (χ1v) is 11.2. The predicted octanol–water partition coefficient (Wildman–Crippen LogP) is 4.06. The number of methoxy groups -OCH3 is 1. The van der Waals surface area contributed by atoms with Gasteiger partial charge in [0.25, 0.3) is 11.8 Å². The number of nitrogens with one attached hydrogen (secondary N) is 2. The Balaban J connectivity index is 1.66. The van der Waals surface area contributed by atoms with Crippen LogP contribution in [0.5, 0.6) is 5.75 Å². The molecule has 8 nitrogen and oxygen atoms in total. The zero-order valence-electron chi connectivity index (χ0n) is 19.4. The number of terminal acetylenes is 1. The van der Waals surface area contributed by atoms with Gasteiger partial charge in [-0.15, -0.1) is 6.42 Å². The SMILES string of the molecule is C#Cc1cc(OC)c(NC(=O)c2ccc(C3=NCCN3C)cc2F)c(C(=O)Nc2ccc(Cl)cn2)c1. The summed E-state index contributed by atoms with van der Waals surface area (Å²) in [6.45, 7) is 1.36. The molecule has 2 N–H and O–H groups in total. The summed E-state index contributed by atoms with van der Waals surface area (Å²) in [6, 6.07) is 10.2. The van der Waals surface area contributed by atoms with Gasteiger partial charge in [0.1, 0.15) is 23.2 Å². The number of halogens is 2. The lowest BCUT2D eigenvalue weighted by atomic mass is 10.0. The minimum absolute atomic E-state index is 0.00589. The van der Waals surface area contributed by atoms with Crippen LogP contribution < -0.4 is 15.4 Å². The van der Waals surface area contributed by atoms with Crippen molar-refractivity contribution in [3.63, 3.8) is 0 Å².